The van der Waals surface area contributed by atoms with E-state index in [1.54, 1.807) is 31.6 Å². The zero-order valence-electron chi connectivity index (χ0n) is 10.3. The molecule has 1 heterocycles. The van der Waals surface area contributed by atoms with Gasteiger partial charge in [0, 0.05) is 12.7 Å². The summed E-state index contributed by atoms with van der Waals surface area (Å²) in [6.07, 6.45) is 1.32. The van der Waals surface area contributed by atoms with Crippen LogP contribution in [0.1, 0.15) is 6.42 Å². The Morgan fingerprint density at radius 3 is 2.95 bits per heavy atom. The number of carboxylic acid groups (broad SMARTS) is 1. The molecule has 0 saturated carbocycles. The molecule has 0 saturated heterocycles. The maximum atomic E-state index is 11.9. The first-order valence-corrected chi connectivity index (χ1v) is 5.67. The van der Waals surface area contributed by atoms with Gasteiger partial charge in [-0.2, -0.15) is 0 Å². The Hall–Kier alpha value is -2.41. The second-order valence-corrected chi connectivity index (χ2v) is 4.21. The summed E-state index contributed by atoms with van der Waals surface area (Å²) < 4.78 is 0. The van der Waals surface area contributed by atoms with E-state index in [0.29, 0.717) is 5.69 Å². The number of aliphatic carboxylic acids is 1. The standard InChI is InChI=1S/C12H14N4O3/c1-16(11(17)5-8(13)12(18)19)7-2-3-9-10(4-7)15-6-14-9/h2-4,6,8H,5,13H2,1H3,(H,14,15)(H,18,19). The second-order valence-electron chi connectivity index (χ2n) is 4.21. The summed E-state index contributed by atoms with van der Waals surface area (Å²) in [5.74, 6) is -1.54. The summed E-state index contributed by atoms with van der Waals surface area (Å²) in [5, 5.41) is 8.69. The number of hydrogen-bond donors (Lipinski definition) is 3. The molecule has 0 bridgehead atoms. The number of aromatic nitrogens is 2. The van der Waals surface area contributed by atoms with Gasteiger partial charge in [-0.3, -0.25) is 9.59 Å². The predicted octanol–water partition coefficient (Wildman–Crippen LogP) is 0.328. The van der Waals surface area contributed by atoms with Crippen LogP contribution in [0, 0.1) is 0 Å². The van der Waals surface area contributed by atoms with Crippen LogP contribution in [-0.4, -0.2) is 40.0 Å². The van der Waals surface area contributed by atoms with E-state index in [0.717, 1.165) is 11.0 Å². The fraction of sp³-hybridized carbons (Fsp3) is 0.250. The van der Waals surface area contributed by atoms with Gasteiger partial charge in [0.2, 0.25) is 5.91 Å². The third-order valence-electron chi connectivity index (χ3n) is 2.88. The molecule has 0 aliphatic heterocycles. The van der Waals surface area contributed by atoms with Gasteiger partial charge in [-0.1, -0.05) is 0 Å². The molecule has 2 rings (SSSR count). The molecule has 7 heteroatoms. The van der Waals surface area contributed by atoms with E-state index in [4.69, 9.17) is 10.8 Å². The highest BCUT2D eigenvalue weighted by Crippen LogP contribution is 2.19. The van der Waals surface area contributed by atoms with Gasteiger partial charge in [-0.05, 0) is 18.2 Å². The number of carbonyl (C=O) groups excluding carboxylic acids is 1. The summed E-state index contributed by atoms with van der Waals surface area (Å²) in [6, 6.07) is 4.10. The van der Waals surface area contributed by atoms with Crippen molar-refractivity contribution in [1.82, 2.24) is 9.97 Å². The average molecular weight is 262 g/mol. The minimum atomic E-state index is -1.19. The first-order chi connectivity index (χ1) is 8.99. The van der Waals surface area contributed by atoms with Crippen LogP contribution >= 0.6 is 0 Å². The van der Waals surface area contributed by atoms with Crippen LogP contribution in [-0.2, 0) is 9.59 Å². The fourth-order valence-corrected chi connectivity index (χ4v) is 1.69. The molecule has 1 amide bonds. The molecule has 1 aromatic carbocycles. The van der Waals surface area contributed by atoms with Crippen molar-refractivity contribution in [2.24, 2.45) is 5.73 Å². The van der Waals surface area contributed by atoms with Gasteiger partial charge in [-0.25, -0.2) is 4.98 Å². The van der Waals surface area contributed by atoms with E-state index in [9.17, 15) is 9.59 Å². The van der Waals surface area contributed by atoms with Crippen LogP contribution in [0.2, 0.25) is 0 Å². The Morgan fingerprint density at radius 2 is 2.26 bits per heavy atom. The van der Waals surface area contributed by atoms with Crippen molar-refractivity contribution in [3.63, 3.8) is 0 Å². The molecule has 2 aromatic rings. The number of anilines is 1. The molecule has 0 radical (unpaired) electrons. The Kier molecular flexibility index (Phi) is 3.48. The molecular formula is C12H14N4O3. The van der Waals surface area contributed by atoms with Gasteiger partial charge in [0.05, 0.1) is 23.8 Å². The van der Waals surface area contributed by atoms with Gasteiger partial charge in [0.25, 0.3) is 0 Å². The Balaban J connectivity index is 2.16. The number of nitrogens with one attached hydrogen (secondary N) is 1. The second kappa shape index (κ2) is 5.07. The summed E-state index contributed by atoms with van der Waals surface area (Å²) in [6.45, 7) is 0. The van der Waals surface area contributed by atoms with Gasteiger partial charge in [0.15, 0.2) is 0 Å². The molecule has 0 aliphatic rings. The molecule has 1 unspecified atom stereocenters. The normalized spacial score (nSPS) is 12.3. The van der Waals surface area contributed by atoms with E-state index >= 15 is 0 Å². The van der Waals surface area contributed by atoms with Crippen molar-refractivity contribution >= 4 is 28.6 Å². The number of rotatable bonds is 4. The first kappa shape index (κ1) is 13.0. The molecule has 19 heavy (non-hydrogen) atoms. The van der Waals surface area contributed by atoms with E-state index in [2.05, 4.69) is 9.97 Å². The van der Waals surface area contributed by atoms with Crippen molar-refractivity contribution in [3.8, 4) is 0 Å². The SMILES string of the molecule is CN(C(=O)CC(N)C(=O)O)c1ccc2nc[nH]c2c1. The number of hydrogen-bond acceptors (Lipinski definition) is 4. The van der Waals surface area contributed by atoms with Crippen molar-refractivity contribution in [3.05, 3.63) is 24.5 Å². The third kappa shape index (κ3) is 2.71. The summed E-state index contributed by atoms with van der Waals surface area (Å²) >= 11 is 0. The quantitative estimate of drug-likeness (QED) is 0.735. The number of H-pyrrole nitrogens is 1. The average Bonchev–Trinajstić information content (AvgIpc) is 2.84. The van der Waals surface area contributed by atoms with Gasteiger partial charge >= 0.3 is 5.97 Å². The lowest BCUT2D eigenvalue weighted by atomic mass is 10.2. The van der Waals surface area contributed by atoms with E-state index < -0.39 is 12.0 Å². The number of nitrogens with zero attached hydrogens (tertiary/aromatic N) is 2. The summed E-state index contributed by atoms with van der Waals surface area (Å²) in [7, 11) is 1.58. The van der Waals surface area contributed by atoms with E-state index in [1.807, 2.05) is 0 Å². The zero-order valence-corrected chi connectivity index (χ0v) is 10.3. The number of carbonyl (C=O) groups is 2. The molecule has 7 nitrogen and oxygen atoms in total. The van der Waals surface area contributed by atoms with Crippen molar-refractivity contribution in [2.45, 2.75) is 12.5 Å². The highest BCUT2D eigenvalue weighted by atomic mass is 16.4. The molecule has 0 spiro atoms. The maximum absolute atomic E-state index is 11.9. The maximum Gasteiger partial charge on any atom is 0.321 e. The van der Waals surface area contributed by atoms with Crippen LogP contribution in [0.5, 0.6) is 0 Å². The van der Waals surface area contributed by atoms with Crippen LogP contribution in [0.3, 0.4) is 0 Å². The number of nitrogens with two attached hydrogens (primary N) is 1. The van der Waals surface area contributed by atoms with Crippen LogP contribution in [0.25, 0.3) is 11.0 Å². The van der Waals surface area contributed by atoms with Crippen LogP contribution in [0.15, 0.2) is 24.5 Å². The lowest BCUT2D eigenvalue weighted by Crippen LogP contribution is -2.37. The number of benzene rings is 1. The Bertz CT molecular complexity index is 622. The van der Waals surface area contributed by atoms with Crippen molar-refractivity contribution in [2.75, 3.05) is 11.9 Å². The molecule has 0 fully saturated rings. The fourth-order valence-electron chi connectivity index (χ4n) is 1.69. The van der Waals surface area contributed by atoms with E-state index in [-0.39, 0.29) is 12.3 Å². The zero-order chi connectivity index (χ0) is 14.0. The molecule has 100 valence electrons. The minimum absolute atomic E-state index is 0.243. The van der Waals surface area contributed by atoms with Crippen LogP contribution < -0.4 is 10.6 Å². The van der Waals surface area contributed by atoms with E-state index in [1.165, 1.54) is 4.90 Å². The monoisotopic (exact) mass is 262 g/mol. The van der Waals surface area contributed by atoms with Gasteiger partial charge in [0.1, 0.15) is 6.04 Å². The molecule has 4 N–H and O–H groups in total. The number of imidazole rings is 1. The minimum Gasteiger partial charge on any atom is -0.480 e. The topological polar surface area (TPSA) is 112 Å². The Morgan fingerprint density at radius 1 is 1.53 bits per heavy atom. The molecule has 0 aliphatic carbocycles. The van der Waals surface area contributed by atoms with Crippen molar-refractivity contribution in [1.29, 1.82) is 0 Å². The highest BCUT2D eigenvalue weighted by molar-refractivity contribution is 5.97. The third-order valence-corrected chi connectivity index (χ3v) is 2.88. The number of fused-ring (bicyclic) bond motifs is 1. The van der Waals surface area contributed by atoms with Gasteiger partial charge < -0.3 is 20.7 Å². The van der Waals surface area contributed by atoms with Crippen molar-refractivity contribution < 1.29 is 14.7 Å². The summed E-state index contributed by atoms with van der Waals surface area (Å²) in [5.41, 5.74) is 7.60. The molecular weight excluding hydrogens is 248 g/mol. The highest BCUT2D eigenvalue weighted by Gasteiger charge is 2.20. The lowest BCUT2D eigenvalue weighted by molar-refractivity contribution is -0.140. The predicted molar refractivity (Wildman–Crippen MR) is 69.7 cm³/mol. The Labute approximate surface area is 109 Å². The number of carboxylic acids is 1. The largest absolute Gasteiger partial charge is 0.480 e. The lowest BCUT2D eigenvalue weighted by Gasteiger charge is -2.18. The number of amides is 1. The van der Waals surface area contributed by atoms with Gasteiger partial charge in [-0.15, -0.1) is 0 Å². The first-order valence-electron chi connectivity index (χ1n) is 5.67. The van der Waals surface area contributed by atoms with Crippen LogP contribution in [0.4, 0.5) is 5.69 Å². The molecule has 1 aromatic heterocycles. The smallest absolute Gasteiger partial charge is 0.321 e. The summed E-state index contributed by atoms with van der Waals surface area (Å²) in [4.78, 5) is 30.9. The molecule has 1 atom stereocenters. The number of aromatic amines is 1.